The average Bonchev–Trinajstić information content (AvgIpc) is 3.13. The lowest BCUT2D eigenvalue weighted by atomic mass is 10.1. The van der Waals surface area contributed by atoms with Crippen molar-refractivity contribution in [1.82, 2.24) is 9.97 Å². The quantitative estimate of drug-likeness (QED) is 0.773. The van der Waals surface area contributed by atoms with E-state index in [4.69, 9.17) is 10.5 Å². The minimum atomic E-state index is -0.744. The summed E-state index contributed by atoms with van der Waals surface area (Å²) in [6, 6.07) is 0. The van der Waals surface area contributed by atoms with E-state index in [1.807, 2.05) is 0 Å². The lowest BCUT2D eigenvalue weighted by Gasteiger charge is -2.07. The normalized spacial score (nSPS) is 12.5. The van der Waals surface area contributed by atoms with Gasteiger partial charge in [-0.05, 0) is 31.7 Å². The fourth-order valence-electron chi connectivity index (χ4n) is 2.62. The molecule has 0 atom stereocenters. The number of carbonyl (C=O) groups is 3. The van der Waals surface area contributed by atoms with Crippen molar-refractivity contribution in [3.8, 4) is 0 Å². The van der Waals surface area contributed by atoms with Gasteiger partial charge >= 0.3 is 5.97 Å². The van der Waals surface area contributed by atoms with E-state index in [1.54, 1.807) is 6.92 Å². The summed E-state index contributed by atoms with van der Waals surface area (Å²) in [5.41, 5.74) is 7.40. The summed E-state index contributed by atoms with van der Waals surface area (Å²) >= 11 is 1.34. The molecule has 1 aliphatic rings. The number of fused-ring (bicyclic) bond motifs is 1. The number of nitrogens with one attached hydrogen (secondary N) is 1. The zero-order valence-corrected chi connectivity index (χ0v) is 14.3. The number of thiophene rings is 1. The standard InChI is InChI=1S/C16H16N4O4S/c1-8-5-19-10(6-18-8)16(23)24-7-12(21)20-15-13(14(17)22)9-3-2-4-11(9)25-15/h5-6H,2-4,7H2,1H3,(H2,17,22)(H,20,21). The molecule has 0 bridgehead atoms. The topological polar surface area (TPSA) is 124 Å². The first-order valence-corrected chi connectivity index (χ1v) is 8.47. The van der Waals surface area contributed by atoms with Gasteiger partial charge in [0, 0.05) is 11.1 Å². The van der Waals surface area contributed by atoms with Crippen LogP contribution in [0.1, 0.15) is 43.4 Å². The first-order valence-electron chi connectivity index (χ1n) is 7.65. The zero-order valence-electron chi connectivity index (χ0n) is 13.5. The van der Waals surface area contributed by atoms with Crippen LogP contribution < -0.4 is 11.1 Å². The van der Waals surface area contributed by atoms with Crippen LogP contribution in [0.4, 0.5) is 5.00 Å². The van der Waals surface area contributed by atoms with Crippen molar-refractivity contribution in [2.24, 2.45) is 5.73 Å². The lowest BCUT2D eigenvalue weighted by Crippen LogP contribution is -2.23. The van der Waals surface area contributed by atoms with Crippen molar-refractivity contribution in [2.45, 2.75) is 26.2 Å². The summed E-state index contributed by atoms with van der Waals surface area (Å²) in [5, 5.41) is 3.01. The molecular formula is C16H16N4O4S. The highest BCUT2D eigenvalue weighted by atomic mass is 32.1. The summed E-state index contributed by atoms with van der Waals surface area (Å²) < 4.78 is 4.91. The Morgan fingerprint density at radius 2 is 2.08 bits per heavy atom. The molecule has 2 amide bonds. The van der Waals surface area contributed by atoms with E-state index in [2.05, 4.69) is 15.3 Å². The molecule has 2 heterocycles. The van der Waals surface area contributed by atoms with Gasteiger partial charge in [-0.2, -0.15) is 0 Å². The summed E-state index contributed by atoms with van der Waals surface area (Å²) in [6.07, 6.45) is 5.34. The Labute approximate surface area is 147 Å². The molecule has 9 heteroatoms. The van der Waals surface area contributed by atoms with E-state index in [-0.39, 0.29) is 5.69 Å². The van der Waals surface area contributed by atoms with E-state index in [9.17, 15) is 14.4 Å². The first-order chi connectivity index (χ1) is 12.0. The van der Waals surface area contributed by atoms with Crippen LogP contribution in [-0.2, 0) is 22.4 Å². The molecule has 0 unspecified atom stereocenters. The molecule has 3 rings (SSSR count). The average molecular weight is 360 g/mol. The molecule has 1 aliphatic carbocycles. The second-order valence-electron chi connectivity index (χ2n) is 5.59. The summed E-state index contributed by atoms with van der Waals surface area (Å²) in [7, 11) is 0. The van der Waals surface area contributed by atoms with E-state index < -0.39 is 24.4 Å². The third-order valence-corrected chi connectivity index (χ3v) is 4.95. The van der Waals surface area contributed by atoms with Gasteiger partial charge in [-0.1, -0.05) is 0 Å². The van der Waals surface area contributed by atoms with Crippen molar-refractivity contribution >= 4 is 34.1 Å². The molecule has 0 fully saturated rings. The maximum atomic E-state index is 12.0. The van der Waals surface area contributed by atoms with Crippen LogP contribution in [0.5, 0.6) is 0 Å². The Kier molecular flexibility index (Phi) is 4.75. The molecule has 3 N–H and O–H groups in total. The summed E-state index contributed by atoms with van der Waals surface area (Å²) in [6.45, 7) is 1.25. The Morgan fingerprint density at radius 3 is 2.76 bits per heavy atom. The molecule has 2 aromatic heterocycles. The molecule has 0 saturated heterocycles. The van der Waals surface area contributed by atoms with Gasteiger partial charge in [-0.3, -0.25) is 14.6 Å². The molecule has 0 spiro atoms. The van der Waals surface area contributed by atoms with E-state index in [0.717, 1.165) is 29.7 Å². The number of aryl methyl sites for hydroxylation is 2. The number of aromatic nitrogens is 2. The molecule has 2 aromatic rings. The van der Waals surface area contributed by atoms with Crippen LogP contribution in [0.3, 0.4) is 0 Å². The minimum absolute atomic E-state index is 0.0197. The van der Waals surface area contributed by atoms with Gasteiger partial charge < -0.3 is 15.8 Å². The maximum absolute atomic E-state index is 12.0. The molecule has 8 nitrogen and oxygen atoms in total. The molecule has 0 radical (unpaired) electrons. The second kappa shape index (κ2) is 6.98. The predicted molar refractivity (Wildman–Crippen MR) is 90.5 cm³/mol. The van der Waals surface area contributed by atoms with Gasteiger partial charge in [0.2, 0.25) is 0 Å². The molecular weight excluding hydrogens is 344 g/mol. The predicted octanol–water partition coefficient (Wildman–Crippen LogP) is 1.23. The zero-order chi connectivity index (χ0) is 18.0. The number of anilines is 1. The highest BCUT2D eigenvalue weighted by Crippen LogP contribution is 2.38. The number of ether oxygens (including phenoxy) is 1. The number of hydrogen-bond donors (Lipinski definition) is 2. The van der Waals surface area contributed by atoms with E-state index in [0.29, 0.717) is 16.3 Å². The van der Waals surface area contributed by atoms with Crippen molar-refractivity contribution in [1.29, 1.82) is 0 Å². The first kappa shape index (κ1) is 17.0. The van der Waals surface area contributed by atoms with Gasteiger partial charge in [0.15, 0.2) is 12.3 Å². The third-order valence-electron chi connectivity index (χ3n) is 3.75. The Morgan fingerprint density at radius 1 is 1.28 bits per heavy atom. The molecule has 0 aliphatic heterocycles. The SMILES string of the molecule is Cc1cnc(C(=O)OCC(=O)Nc2sc3c(c2C(N)=O)CCC3)cn1. The minimum Gasteiger partial charge on any atom is -0.451 e. The largest absolute Gasteiger partial charge is 0.451 e. The fraction of sp³-hybridized carbons (Fsp3) is 0.312. The number of primary amides is 1. The molecule has 0 aromatic carbocycles. The monoisotopic (exact) mass is 360 g/mol. The van der Waals surface area contributed by atoms with Gasteiger partial charge in [0.25, 0.3) is 11.8 Å². The molecule has 130 valence electrons. The number of rotatable bonds is 5. The number of carbonyl (C=O) groups excluding carboxylic acids is 3. The van der Waals surface area contributed by atoms with Gasteiger partial charge in [-0.25, -0.2) is 9.78 Å². The van der Waals surface area contributed by atoms with Gasteiger partial charge in [0.1, 0.15) is 5.00 Å². The third kappa shape index (κ3) is 3.66. The number of amides is 2. The highest BCUT2D eigenvalue weighted by molar-refractivity contribution is 7.17. The highest BCUT2D eigenvalue weighted by Gasteiger charge is 2.26. The van der Waals surface area contributed by atoms with Crippen LogP contribution in [0.15, 0.2) is 12.4 Å². The number of hydrogen-bond acceptors (Lipinski definition) is 7. The molecule has 25 heavy (non-hydrogen) atoms. The van der Waals surface area contributed by atoms with Crippen LogP contribution in [0, 0.1) is 6.92 Å². The Hall–Kier alpha value is -2.81. The lowest BCUT2D eigenvalue weighted by molar-refractivity contribution is -0.119. The van der Waals surface area contributed by atoms with Crippen LogP contribution in [-0.4, -0.2) is 34.4 Å². The number of nitrogens with two attached hydrogens (primary N) is 1. The Balaban J connectivity index is 1.63. The van der Waals surface area contributed by atoms with Gasteiger partial charge in [-0.15, -0.1) is 11.3 Å². The van der Waals surface area contributed by atoms with E-state index >= 15 is 0 Å². The van der Waals surface area contributed by atoms with Gasteiger partial charge in [0.05, 0.1) is 17.5 Å². The van der Waals surface area contributed by atoms with Crippen LogP contribution in [0.2, 0.25) is 0 Å². The van der Waals surface area contributed by atoms with Crippen LogP contribution >= 0.6 is 11.3 Å². The maximum Gasteiger partial charge on any atom is 0.359 e. The summed E-state index contributed by atoms with van der Waals surface area (Å²) in [5.74, 6) is -1.86. The van der Waals surface area contributed by atoms with E-state index in [1.165, 1.54) is 23.7 Å². The Bertz CT molecular complexity index is 845. The molecule has 0 saturated carbocycles. The van der Waals surface area contributed by atoms with Crippen LogP contribution in [0.25, 0.3) is 0 Å². The van der Waals surface area contributed by atoms with Crippen molar-refractivity contribution in [3.63, 3.8) is 0 Å². The number of nitrogens with zero attached hydrogens (tertiary/aromatic N) is 2. The fourth-order valence-corrected chi connectivity index (χ4v) is 3.93. The van der Waals surface area contributed by atoms with Crippen molar-refractivity contribution < 1.29 is 19.1 Å². The number of esters is 1. The smallest absolute Gasteiger partial charge is 0.359 e. The summed E-state index contributed by atoms with van der Waals surface area (Å²) in [4.78, 5) is 44.4. The van der Waals surface area contributed by atoms with Crippen molar-refractivity contribution in [3.05, 3.63) is 39.8 Å². The second-order valence-corrected chi connectivity index (χ2v) is 6.70. The van der Waals surface area contributed by atoms with Crippen molar-refractivity contribution in [2.75, 3.05) is 11.9 Å².